The Morgan fingerprint density at radius 1 is 1.16 bits per heavy atom. The van der Waals surface area contributed by atoms with E-state index in [1.54, 1.807) is 6.07 Å². The number of anilines is 1. The maximum Gasteiger partial charge on any atom is 0.256 e. The number of hydrogen-bond acceptors (Lipinski definition) is 4. The van der Waals surface area contributed by atoms with Crippen molar-refractivity contribution >= 4 is 29.2 Å². The highest BCUT2D eigenvalue weighted by atomic mass is 19.1. The van der Waals surface area contributed by atoms with E-state index in [0.717, 1.165) is 66.5 Å². The summed E-state index contributed by atoms with van der Waals surface area (Å²) in [7, 11) is 0. The van der Waals surface area contributed by atoms with E-state index in [9.17, 15) is 14.0 Å². The summed E-state index contributed by atoms with van der Waals surface area (Å²) in [5.41, 5.74) is 6.94. The first kappa shape index (κ1) is 24.9. The minimum absolute atomic E-state index is 0.0324. The molecule has 0 unspecified atom stereocenters. The van der Waals surface area contributed by atoms with Crippen LogP contribution >= 0.6 is 0 Å². The molecule has 3 aromatic rings. The van der Waals surface area contributed by atoms with Gasteiger partial charge in [0.2, 0.25) is 5.91 Å². The quantitative estimate of drug-likeness (QED) is 0.428. The number of ether oxygens (including phenoxy) is 1. The van der Waals surface area contributed by atoms with Gasteiger partial charge >= 0.3 is 0 Å². The highest BCUT2D eigenvalue weighted by Crippen LogP contribution is 2.40. The average Bonchev–Trinajstić information content (AvgIpc) is 3.35. The molecule has 2 aliphatic rings. The van der Waals surface area contributed by atoms with E-state index in [-0.39, 0.29) is 24.1 Å². The number of aromatic nitrogens is 1. The lowest BCUT2D eigenvalue weighted by Gasteiger charge is -2.26. The van der Waals surface area contributed by atoms with Crippen LogP contribution in [-0.4, -0.2) is 61.1 Å². The van der Waals surface area contributed by atoms with Gasteiger partial charge in [0.15, 0.2) is 0 Å². The van der Waals surface area contributed by atoms with Crippen molar-refractivity contribution in [2.45, 2.75) is 20.3 Å². The Morgan fingerprint density at radius 3 is 2.73 bits per heavy atom. The Labute approximate surface area is 215 Å². The summed E-state index contributed by atoms with van der Waals surface area (Å²) in [6.45, 7) is 8.55. The summed E-state index contributed by atoms with van der Waals surface area (Å²) in [4.78, 5) is 31.3. The number of nitrogens with zero attached hydrogens (tertiary/aromatic N) is 1. The fraction of sp³-hybridized carbons (Fsp3) is 0.310. The fourth-order valence-corrected chi connectivity index (χ4v) is 5.05. The number of amides is 2. The van der Waals surface area contributed by atoms with Gasteiger partial charge in [0.1, 0.15) is 5.82 Å². The lowest BCUT2D eigenvalue weighted by atomic mass is 9.94. The zero-order valence-corrected chi connectivity index (χ0v) is 21.1. The van der Waals surface area contributed by atoms with Crippen molar-refractivity contribution in [1.82, 2.24) is 15.2 Å². The molecule has 3 heterocycles. The predicted molar refractivity (Wildman–Crippen MR) is 143 cm³/mol. The normalized spacial score (nSPS) is 16.6. The molecule has 192 valence electrons. The van der Waals surface area contributed by atoms with Gasteiger partial charge in [-0.05, 0) is 60.4 Å². The number of morpholine rings is 1. The van der Waals surface area contributed by atoms with Crippen molar-refractivity contribution in [2.75, 3.05) is 44.7 Å². The van der Waals surface area contributed by atoms with Crippen molar-refractivity contribution in [2.24, 2.45) is 0 Å². The van der Waals surface area contributed by atoms with Gasteiger partial charge in [-0.15, -0.1) is 0 Å². The molecule has 0 bridgehead atoms. The maximum absolute atomic E-state index is 14.0. The molecule has 5 rings (SSSR count). The molecule has 2 amide bonds. The second kappa shape index (κ2) is 10.7. The van der Waals surface area contributed by atoms with Crippen LogP contribution in [0.25, 0.3) is 22.8 Å². The van der Waals surface area contributed by atoms with Crippen LogP contribution in [0.5, 0.6) is 0 Å². The van der Waals surface area contributed by atoms with Gasteiger partial charge in [-0.2, -0.15) is 0 Å². The van der Waals surface area contributed by atoms with Crippen molar-refractivity contribution < 1.29 is 18.7 Å². The van der Waals surface area contributed by atoms with Crippen LogP contribution in [0.1, 0.15) is 28.1 Å². The van der Waals surface area contributed by atoms with Crippen LogP contribution in [-0.2, 0) is 20.7 Å². The number of benzene rings is 2. The number of fused-ring (bicyclic) bond motifs is 1. The third kappa shape index (κ3) is 5.35. The number of nitrogens with one attached hydrogen (secondary N) is 3. The Morgan fingerprint density at radius 2 is 1.95 bits per heavy atom. The summed E-state index contributed by atoms with van der Waals surface area (Å²) >= 11 is 0. The molecule has 2 aromatic carbocycles. The molecule has 3 N–H and O–H groups in total. The van der Waals surface area contributed by atoms with Gasteiger partial charge in [0, 0.05) is 48.8 Å². The summed E-state index contributed by atoms with van der Waals surface area (Å²) in [5.74, 6) is -0.579. The molecule has 0 aliphatic carbocycles. The summed E-state index contributed by atoms with van der Waals surface area (Å²) in [6, 6.07) is 11.9. The van der Waals surface area contributed by atoms with Crippen LogP contribution in [0.3, 0.4) is 0 Å². The molecular weight excluding hydrogens is 471 g/mol. The van der Waals surface area contributed by atoms with Crippen LogP contribution in [0.2, 0.25) is 0 Å². The number of carbonyl (C=O) groups excluding carboxylic acids is 2. The number of carbonyl (C=O) groups is 2. The van der Waals surface area contributed by atoms with Gasteiger partial charge in [0.25, 0.3) is 5.91 Å². The second-order valence-electron chi connectivity index (χ2n) is 9.50. The number of aromatic amines is 1. The van der Waals surface area contributed by atoms with Crippen molar-refractivity contribution in [3.63, 3.8) is 0 Å². The van der Waals surface area contributed by atoms with E-state index in [1.807, 2.05) is 44.2 Å². The van der Waals surface area contributed by atoms with Gasteiger partial charge in [-0.25, -0.2) is 4.39 Å². The van der Waals surface area contributed by atoms with E-state index in [0.29, 0.717) is 23.4 Å². The Bertz CT molecular complexity index is 1370. The average molecular weight is 503 g/mol. The molecule has 1 fully saturated rings. The van der Waals surface area contributed by atoms with E-state index in [1.165, 1.54) is 12.1 Å². The molecule has 37 heavy (non-hydrogen) atoms. The predicted octanol–water partition coefficient (Wildman–Crippen LogP) is 3.92. The first-order valence-corrected chi connectivity index (χ1v) is 12.6. The van der Waals surface area contributed by atoms with E-state index >= 15 is 0 Å². The first-order valence-electron chi connectivity index (χ1n) is 12.6. The Hall–Kier alpha value is -3.75. The molecule has 0 saturated carbocycles. The van der Waals surface area contributed by atoms with Crippen LogP contribution < -0.4 is 10.6 Å². The van der Waals surface area contributed by atoms with Crippen molar-refractivity contribution in [3.05, 3.63) is 76.4 Å². The zero-order valence-electron chi connectivity index (χ0n) is 21.1. The lowest BCUT2D eigenvalue weighted by molar-refractivity contribution is -0.120. The molecule has 8 heteroatoms. The zero-order chi connectivity index (χ0) is 25.9. The summed E-state index contributed by atoms with van der Waals surface area (Å²) < 4.78 is 19.3. The number of hydrogen-bond donors (Lipinski definition) is 3. The lowest BCUT2D eigenvalue weighted by Crippen LogP contribution is -2.41. The standard InChI is InChI=1S/C29H31FN4O3/c1-18-23(17-27(35)31-9-10-34-11-13-37-14-12-34)19(2)32-26(18)16-24-28-22(20-5-3-6-21(30)15-20)7-4-8-25(28)33-29(24)36/h3-8,15-16,32H,9-14,17H2,1-2H3,(H,31,35)(H,33,36). The largest absolute Gasteiger partial charge is 0.379 e. The first-order chi connectivity index (χ1) is 17.9. The van der Waals surface area contributed by atoms with Crippen LogP contribution in [0.15, 0.2) is 42.5 Å². The number of halogens is 1. The molecule has 2 aliphatic heterocycles. The maximum atomic E-state index is 14.0. The van der Waals surface area contributed by atoms with E-state index in [4.69, 9.17) is 4.74 Å². The minimum Gasteiger partial charge on any atom is -0.379 e. The molecule has 7 nitrogen and oxygen atoms in total. The van der Waals surface area contributed by atoms with Crippen molar-refractivity contribution in [3.8, 4) is 11.1 Å². The highest BCUT2D eigenvalue weighted by molar-refractivity contribution is 6.36. The summed E-state index contributed by atoms with van der Waals surface area (Å²) in [5, 5.41) is 5.95. The molecular formula is C29H31FN4O3. The monoisotopic (exact) mass is 502 g/mol. The van der Waals surface area contributed by atoms with Crippen molar-refractivity contribution in [1.29, 1.82) is 0 Å². The summed E-state index contributed by atoms with van der Waals surface area (Å²) in [6.07, 6.45) is 2.09. The third-order valence-corrected chi connectivity index (χ3v) is 7.07. The number of H-pyrrole nitrogens is 1. The van der Waals surface area contributed by atoms with Gasteiger partial charge < -0.3 is 20.4 Å². The Balaban J connectivity index is 1.37. The molecule has 1 saturated heterocycles. The Kier molecular flexibility index (Phi) is 7.21. The van der Waals surface area contributed by atoms with Crippen LogP contribution in [0, 0.1) is 19.7 Å². The topological polar surface area (TPSA) is 86.5 Å². The van der Waals surface area contributed by atoms with Gasteiger partial charge in [0.05, 0.1) is 25.2 Å². The SMILES string of the molecule is Cc1[nH]c(C=C2C(=O)Nc3cccc(-c4cccc(F)c4)c32)c(C)c1CC(=O)NCCN1CCOCC1. The number of aryl methyl sites for hydroxylation is 1. The highest BCUT2D eigenvalue weighted by Gasteiger charge is 2.28. The number of rotatable bonds is 7. The van der Waals surface area contributed by atoms with Gasteiger partial charge in [-0.1, -0.05) is 24.3 Å². The molecule has 0 atom stereocenters. The van der Waals surface area contributed by atoms with Crippen LogP contribution in [0.4, 0.5) is 10.1 Å². The van der Waals surface area contributed by atoms with E-state index < -0.39 is 0 Å². The molecule has 0 radical (unpaired) electrons. The smallest absolute Gasteiger partial charge is 0.256 e. The third-order valence-electron chi connectivity index (χ3n) is 7.07. The molecule has 0 spiro atoms. The van der Waals surface area contributed by atoms with Gasteiger partial charge in [-0.3, -0.25) is 14.5 Å². The minimum atomic E-state index is -0.332. The second-order valence-corrected chi connectivity index (χ2v) is 9.50. The van der Waals surface area contributed by atoms with E-state index in [2.05, 4.69) is 20.5 Å². The fourth-order valence-electron chi connectivity index (χ4n) is 5.05. The molecule has 1 aromatic heterocycles.